The first-order chi connectivity index (χ1) is 9.20. The Morgan fingerprint density at radius 2 is 1.79 bits per heavy atom. The molecule has 2 amide bonds. The Morgan fingerprint density at radius 1 is 1.16 bits per heavy atom. The van der Waals surface area contributed by atoms with Gasteiger partial charge in [0.15, 0.2) is 0 Å². The zero-order valence-corrected chi connectivity index (χ0v) is 11.2. The number of carbonyl (C=O) groups is 2. The van der Waals surface area contributed by atoms with Crippen molar-refractivity contribution in [3.05, 3.63) is 35.4 Å². The first-order valence-electron chi connectivity index (χ1n) is 6.79. The maximum Gasteiger partial charge on any atom is 0.251 e. The van der Waals surface area contributed by atoms with Gasteiger partial charge in [-0.3, -0.25) is 9.59 Å². The summed E-state index contributed by atoms with van der Waals surface area (Å²) < 4.78 is 0. The molecule has 2 rings (SSSR count). The number of hydrogen-bond donors (Lipinski definition) is 2. The molecule has 4 heteroatoms. The molecule has 0 bridgehead atoms. The van der Waals surface area contributed by atoms with E-state index in [1.165, 1.54) is 12.8 Å². The van der Waals surface area contributed by atoms with Crippen molar-refractivity contribution in [2.24, 2.45) is 5.92 Å². The molecule has 1 aromatic carbocycles. The second-order valence-corrected chi connectivity index (χ2v) is 4.98. The van der Waals surface area contributed by atoms with Crippen molar-refractivity contribution in [2.45, 2.75) is 32.2 Å². The molecule has 1 aromatic rings. The summed E-state index contributed by atoms with van der Waals surface area (Å²) in [5, 5.41) is 5.54. The lowest BCUT2D eigenvalue weighted by atomic mass is 10.1. The Bertz CT molecular complexity index is 448. The fraction of sp³-hybridized carbons (Fsp3) is 0.467. The number of nitrogens with one attached hydrogen (secondary N) is 2. The van der Waals surface area contributed by atoms with Gasteiger partial charge in [-0.05, 0) is 30.5 Å². The van der Waals surface area contributed by atoms with Gasteiger partial charge < -0.3 is 10.6 Å². The number of amides is 2. The van der Waals surface area contributed by atoms with Crippen LogP contribution in [0.15, 0.2) is 24.3 Å². The number of benzene rings is 1. The highest BCUT2D eigenvalue weighted by Crippen LogP contribution is 2.24. The molecule has 102 valence electrons. The van der Waals surface area contributed by atoms with Crippen LogP contribution in [0.5, 0.6) is 0 Å². The lowest BCUT2D eigenvalue weighted by molar-refractivity contribution is -0.124. The van der Waals surface area contributed by atoms with Gasteiger partial charge in [-0.2, -0.15) is 0 Å². The van der Waals surface area contributed by atoms with Crippen LogP contribution in [0.25, 0.3) is 0 Å². The molecule has 1 fully saturated rings. The third-order valence-corrected chi connectivity index (χ3v) is 3.64. The van der Waals surface area contributed by atoms with Gasteiger partial charge in [0.05, 0.1) is 0 Å². The van der Waals surface area contributed by atoms with Crippen LogP contribution in [0.1, 0.15) is 41.6 Å². The van der Waals surface area contributed by atoms with Gasteiger partial charge in [-0.25, -0.2) is 0 Å². The fourth-order valence-electron chi connectivity index (χ4n) is 2.44. The standard InChI is InChI=1S/C15H20N2O2/c1-16-14(18)13-8-6-11(7-9-13)10-17-15(19)12-4-2-3-5-12/h6-9,12H,2-5,10H2,1H3,(H,16,18)(H,17,19). The first kappa shape index (κ1) is 13.6. The van der Waals surface area contributed by atoms with Crippen LogP contribution in [0.3, 0.4) is 0 Å². The highest BCUT2D eigenvalue weighted by Gasteiger charge is 2.21. The molecule has 0 aliphatic heterocycles. The summed E-state index contributed by atoms with van der Waals surface area (Å²) in [7, 11) is 1.61. The summed E-state index contributed by atoms with van der Waals surface area (Å²) in [6.45, 7) is 0.531. The van der Waals surface area contributed by atoms with E-state index in [9.17, 15) is 9.59 Å². The first-order valence-corrected chi connectivity index (χ1v) is 6.79. The van der Waals surface area contributed by atoms with Gasteiger partial charge >= 0.3 is 0 Å². The van der Waals surface area contributed by atoms with Crippen molar-refractivity contribution in [1.82, 2.24) is 10.6 Å². The Hall–Kier alpha value is -1.84. The minimum absolute atomic E-state index is 0.0958. The van der Waals surface area contributed by atoms with Crippen LogP contribution < -0.4 is 10.6 Å². The Morgan fingerprint density at radius 3 is 2.37 bits per heavy atom. The van der Waals surface area contributed by atoms with Gasteiger partial charge in [-0.15, -0.1) is 0 Å². The summed E-state index contributed by atoms with van der Waals surface area (Å²) >= 11 is 0. The highest BCUT2D eigenvalue weighted by atomic mass is 16.2. The van der Waals surface area contributed by atoms with Crippen LogP contribution in [0, 0.1) is 5.92 Å². The number of carbonyl (C=O) groups excluding carboxylic acids is 2. The van der Waals surface area contributed by atoms with Gasteiger partial charge in [0, 0.05) is 25.1 Å². The molecule has 1 aliphatic carbocycles. The van der Waals surface area contributed by atoms with Gasteiger partial charge in [0.2, 0.25) is 5.91 Å². The average Bonchev–Trinajstić information content (AvgIpc) is 2.98. The van der Waals surface area contributed by atoms with E-state index in [0.717, 1.165) is 18.4 Å². The van der Waals surface area contributed by atoms with Crippen molar-refractivity contribution in [1.29, 1.82) is 0 Å². The normalized spacial score (nSPS) is 15.2. The fourth-order valence-corrected chi connectivity index (χ4v) is 2.44. The van der Waals surface area contributed by atoms with E-state index in [1.807, 2.05) is 12.1 Å². The molecule has 4 nitrogen and oxygen atoms in total. The predicted molar refractivity (Wildman–Crippen MR) is 73.6 cm³/mol. The largest absolute Gasteiger partial charge is 0.355 e. The van der Waals surface area contributed by atoms with E-state index in [1.54, 1.807) is 19.2 Å². The van der Waals surface area contributed by atoms with Crippen molar-refractivity contribution >= 4 is 11.8 Å². The van der Waals surface area contributed by atoms with Gasteiger partial charge in [-0.1, -0.05) is 25.0 Å². The average molecular weight is 260 g/mol. The summed E-state index contributed by atoms with van der Waals surface area (Å²) in [6.07, 6.45) is 4.36. The van der Waals surface area contributed by atoms with Crippen molar-refractivity contribution < 1.29 is 9.59 Å². The van der Waals surface area contributed by atoms with E-state index in [0.29, 0.717) is 12.1 Å². The maximum atomic E-state index is 11.9. The Kier molecular flexibility index (Phi) is 4.55. The molecule has 2 N–H and O–H groups in total. The number of rotatable bonds is 4. The molecule has 0 spiro atoms. The van der Waals surface area contributed by atoms with Crippen LogP contribution >= 0.6 is 0 Å². The predicted octanol–water partition coefficient (Wildman–Crippen LogP) is 1.85. The summed E-state index contributed by atoms with van der Waals surface area (Å²) in [5.41, 5.74) is 1.65. The van der Waals surface area contributed by atoms with E-state index in [-0.39, 0.29) is 17.7 Å². The van der Waals surface area contributed by atoms with Crippen LogP contribution in [-0.4, -0.2) is 18.9 Å². The van der Waals surface area contributed by atoms with Crippen LogP contribution in [0.4, 0.5) is 0 Å². The third kappa shape index (κ3) is 3.56. The summed E-state index contributed by atoms with van der Waals surface area (Å²) in [6, 6.07) is 7.30. The topological polar surface area (TPSA) is 58.2 Å². The molecule has 1 aliphatic rings. The SMILES string of the molecule is CNC(=O)c1ccc(CNC(=O)C2CCCC2)cc1. The zero-order chi connectivity index (χ0) is 13.7. The molecule has 0 atom stereocenters. The molecular formula is C15H20N2O2. The Labute approximate surface area is 113 Å². The quantitative estimate of drug-likeness (QED) is 0.868. The molecule has 0 radical (unpaired) electrons. The summed E-state index contributed by atoms with van der Waals surface area (Å²) in [4.78, 5) is 23.2. The molecular weight excluding hydrogens is 240 g/mol. The van der Waals surface area contributed by atoms with Crippen LogP contribution in [0.2, 0.25) is 0 Å². The van der Waals surface area contributed by atoms with Crippen LogP contribution in [-0.2, 0) is 11.3 Å². The molecule has 0 heterocycles. The number of hydrogen-bond acceptors (Lipinski definition) is 2. The highest BCUT2D eigenvalue weighted by molar-refractivity contribution is 5.93. The molecule has 19 heavy (non-hydrogen) atoms. The minimum Gasteiger partial charge on any atom is -0.355 e. The lowest BCUT2D eigenvalue weighted by Gasteiger charge is -2.10. The third-order valence-electron chi connectivity index (χ3n) is 3.64. The smallest absolute Gasteiger partial charge is 0.251 e. The molecule has 0 saturated heterocycles. The second kappa shape index (κ2) is 6.36. The zero-order valence-electron chi connectivity index (χ0n) is 11.2. The van der Waals surface area contributed by atoms with Gasteiger partial charge in [0.1, 0.15) is 0 Å². The van der Waals surface area contributed by atoms with E-state index >= 15 is 0 Å². The van der Waals surface area contributed by atoms with Crippen molar-refractivity contribution in [2.75, 3.05) is 7.05 Å². The molecule has 0 aromatic heterocycles. The second-order valence-electron chi connectivity index (χ2n) is 4.98. The van der Waals surface area contributed by atoms with Gasteiger partial charge in [0.25, 0.3) is 5.91 Å². The maximum absolute atomic E-state index is 11.9. The molecule has 0 unspecified atom stereocenters. The lowest BCUT2D eigenvalue weighted by Crippen LogP contribution is -2.28. The molecule has 1 saturated carbocycles. The Balaban J connectivity index is 1.85. The van der Waals surface area contributed by atoms with E-state index < -0.39 is 0 Å². The van der Waals surface area contributed by atoms with Crippen molar-refractivity contribution in [3.8, 4) is 0 Å². The summed E-state index contributed by atoms with van der Waals surface area (Å²) in [5.74, 6) is 0.263. The van der Waals surface area contributed by atoms with E-state index in [2.05, 4.69) is 10.6 Å². The van der Waals surface area contributed by atoms with Crippen molar-refractivity contribution in [3.63, 3.8) is 0 Å². The minimum atomic E-state index is -0.0958. The monoisotopic (exact) mass is 260 g/mol. The van der Waals surface area contributed by atoms with E-state index in [4.69, 9.17) is 0 Å².